The van der Waals surface area contributed by atoms with Crippen LogP contribution < -0.4 is 9.47 Å². The Hall–Kier alpha value is -3.12. The monoisotopic (exact) mass is 378 g/mol. The predicted molar refractivity (Wildman–Crippen MR) is 107 cm³/mol. The molecule has 2 aromatic carbocycles. The van der Waals surface area contributed by atoms with Gasteiger partial charge in [0.15, 0.2) is 6.61 Å². The molecule has 0 spiro atoms. The van der Waals surface area contributed by atoms with Crippen molar-refractivity contribution in [2.45, 2.75) is 0 Å². The first-order valence-corrected chi connectivity index (χ1v) is 9.26. The summed E-state index contributed by atoms with van der Waals surface area (Å²) >= 11 is 0. The number of morpholine rings is 1. The van der Waals surface area contributed by atoms with Gasteiger partial charge in [-0.25, -0.2) is 0 Å². The summed E-state index contributed by atoms with van der Waals surface area (Å²) in [4.78, 5) is 18.4. The maximum absolute atomic E-state index is 12.4. The van der Waals surface area contributed by atoms with Crippen LogP contribution in [0.1, 0.15) is 0 Å². The molecule has 0 aliphatic carbocycles. The van der Waals surface area contributed by atoms with E-state index in [0.29, 0.717) is 37.8 Å². The van der Waals surface area contributed by atoms with E-state index < -0.39 is 0 Å². The summed E-state index contributed by atoms with van der Waals surface area (Å²) in [6.45, 7) is 2.41. The highest BCUT2D eigenvalue weighted by Crippen LogP contribution is 2.35. The molecule has 3 aromatic rings. The summed E-state index contributed by atoms with van der Waals surface area (Å²) < 4.78 is 16.5. The highest BCUT2D eigenvalue weighted by atomic mass is 16.5. The van der Waals surface area contributed by atoms with Crippen LogP contribution in [0.3, 0.4) is 0 Å². The normalized spacial score (nSPS) is 14.1. The lowest BCUT2D eigenvalue weighted by molar-refractivity contribution is -0.137. The minimum absolute atomic E-state index is 0.0179. The summed E-state index contributed by atoms with van der Waals surface area (Å²) in [6.07, 6.45) is 3.49. The van der Waals surface area contributed by atoms with Crippen molar-refractivity contribution in [1.29, 1.82) is 0 Å². The molecule has 0 N–H and O–H groups in total. The Balaban J connectivity index is 1.61. The van der Waals surface area contributed by atoms with Gasteiger partial charge in [0.1, 0.15) is 11.5 Å². The van der Waals surface area contributed by atoms with Crippen LogP contribution in [0.15, 0.2) is 54.9 Å². The molecule has 1 saturated heterocycles. The Morgan fingerprint density at radius 3 is 2.68 bits per heavy atom. The number of rotatable bonds is 5. The third-order valence-corrected chi connectivity index (χ3v) is 4.86. The molecular formula is C22H22N2O4. The highest BCUT2D eigenvalue weighted by Gasteiger charge is 2.18. The molecule has 1 aliphatic heterocycles. The maximum atomic E-state index is 12.4. The molecule has 0 atom stereocenters. The zero-order chi connectivity index (χ0) is 19.3. The van der Waals surface area contributed by atoms with E-state index in [9.17, 15) is 4.79 Å². The van der Waals surface area contributed by atoms with E-state index in [1.807, 2.05) is 48.7 Å². The smallest absolute Gasteiger partial charge is 0.260 e. The van der Waals surface area contributed by atoms with E-state index in [-0.39, 0.29) is 12.5 Å². The molecule has 0 saturated carbocycles. The van der Waals surface area contributed by atoms with Gasteiger partial charge in [-0.3, -0.25) is 9.78 Å². The molecule has 1 aromatic heterocycles. The van der Waals surface area contributed by atoms with E-state index >= 15 is 0 Å². The zero-order valence-corrected chi connectivity index (χ0v) is 15.8. The Kier molecular flexibility index (Phi) is 5.39. The number of benzene rings is 2. The first-order chi connectivity index (χ1) is 13.8. The molecule has 0 unspecified atom stereocenters. The van der Waals surface area contributed by atoms with Gasteiger partial charge < -0.3 is 19.1 Å². The molecule has 2 heterocycles. The van der Waals surface area contributed by atoms with Crippen molar-refractivity contribution >= 4 is 16.7 Å². The largest absolute Gasteiger partial charge is 0.495 e. The number of aromatic nitrogens is 1. The van der Waals surface area contributed by atoms with E-state index in [2.05, 4.69) is 4.98 Å². The lowest BCUT2D eigenvalue weighted by Crippen LogP contribution is -2.42. The van der Waals surface area contributed by atoms with Crippen molar-refractivity contribution in [3.05, 3.63) is 54.9 Å². The number of carbonyl (C=O) groups excluding carboxylic acids is 1. The van der Waals surface area contributed by atoms with Crippen LogP contribution in [0.25, 0.3) is 21.9 Å². The summed E-state index contributed by atoms with van der Waals surface area (Å²) in [5.74, 6) is 1.38. The summed E-state index contributed by atoms with van der Waals surface area (Å²) in [6, 6.07) is 13.9. The first kappa shape index (κ1) is 18.3. The SMILES string of the molecule is COc1cncc(-c2ccc(OCC(=O)N3CCOCC3)c3ccccc23)c1. The minimum Gasteiger partial charge on any atom is -0.495 e. The highest BCUT2D eigenvalue weighted by molar-refractivity contribution is 6.00. The fourth-order valence-corrected chi connectivity index (χ4v) is 3.37. The van der Waals surface area contributed by atoms with Crippen molar-refractivity contribution in [2.75, 3.05) is 40.0 Å². The average molecular weight is 378 g/mol. The van der Waals surface area contributed by atoms with Crippen molar-refractivity contribution < 1.29 is 19.0 Å². The Bertz CT molecular complexity index is 983. The third kappa shape index (κ3) is 3.77. The van der Waals surface area contributed by atoms with Crippen LogP contribution in [0.2, 0.25) is 0 Å². The summed E-state index contributed by atoms with van der Waals surface area (Å²) in [7, 11) is 1.63. The predicted octanol–water partition coefficient (Wildman–Crippen LogP) is 3.15. The second-order valence-corrected chi connectivity index (χ2v) is 6.55. The lowest BCUT2D eigenvalue weighted by Gasteiger charge is -2.26. The van der Waals surface area contributed by atoms with Crippen LogP contribution in [-0.4, -0.2) is 55.8 Å². The van der Waals surface area contributed by atoms with Crippen LogP contribution in [0.5, 0.6) is 11.5 Å². The maximum Gasteiger partial charge on any atom is 0.260 e. The van der Waals surface area contributed by atoms with Gasteiger partial charge in [0.05, 0.1) is 26.5 Å². The Morgan fingerprint density at radius 2 is 1.89 bits per heavy atom. The molecule has 0 bridgehead atoms. The summed E-state index contributed by atoms with van der Waals surface area (Å²) in [5.41, 5.74) is 2.00. The molecule has 1 fully saturated rings. The molecule has 144 valence electrons. The molecule has 4 rings (SSSR count). The van der Waals surface area contributed by atoms with Gasteiger partial charge in [0.25, 0.3) is 5.91 Å². The Labute approximate surface area is 163 Å². The molecular weight excluding hydrogens is 356 g/mol. The number of hydrogen-bond donors (Lipinski definition) is 0. The third-order valence-electron chi connectivity index (χ3n) is 4.86. The first-order valence-electron chi connectivity index (χ1n) is 9.26. The van der Waals surface area contributed by atoms with Crippen LogP contribution in [-0.2, 0) is 9.53 Å². The van der Waals surface area contributed by atoms with E-state index in [1.165, 1.54) is 0 Å². The number of nitrogens with zero attached hydrogens (tertiary/aromatic N) is 2. The second-order valence-electron chi connectivity index (χ2n) is 6.55. The zero-order valence-electron chi connectivity index (χ0n) is 15.8. The molecule has 28 heavy (non-hydrogen) atoms. The summed E-state index contributed by atoms with van der Waals surface area (Å²) in [5, 5.41) is 1.99. The van der Waals surface area contributed by atoms with Crippen LogP contribution in [0.4, 0.5) is 0 Å². The van der Waals surface area contributed by atoms with Gasteiger partial charge in [-0.05, 0) is 29.1 Å². The second kappa shape index (κ2) is 8.27. The minimum atomic E-state index is -0.0200. The number of methoxy groups -OCH3 is 1. The topological polar surface area (TPSA) is 60.9 Å². The Morgan fingerprint density at radius 1 is 1.11 bits per heavy atom. The number of fused-ring (bicyclic) bond motifs is 1. The van der Waals surface area contributed by atoms with Gasteiger partial charge in [-0.1, -0.05) is 24.3 Å². The number of amides is 1. The van der Waals surface area contributed by atoms with Crippen molar-refractivity contribution in [3.8, 4) is 22.6 Å². The van der Waals surface area contributed by atoms with Gasteiger partial charge >= 0.3 is 0 Å². The van der Waals surface area contributed by atoms with Crippen molar-refractivity contribution in [3.63, 3.8) is 0 Å². The fourth-order valence-electron chi connectivity index (χ4n) is 3.37. The fraction of sp³-hybridized carbons (Fsp3) is 0.273. The van der Waals surface area contributed by atoms with Crippen LogP contribution >= 0.6 is 0 Å². The molecule has 6 heteroatoms. The number of carbonyl (C=O) groups is 1. The average Bonchev–Trinajstić information content (AvgIpc) is 2.77. The van der Waals surface area contributed by atoms with Gasteiger partial charge in [-0.15, -0.1) is 0 Å². The number of pyridine rings is 1. The van der Waals surface area contributed by atoms with E-state index in [0.717, 1.165) is 21.9 Å². The molecule has 0 radical (unpaired) electrons. The lowest BCUT2D eigenvalue weighted by atomic mass is 9.99. The van der Waals surface area contributed by atoms with E-state index in [1.54, 1.807) is 18.2 Å². The van der Waals surface area contributed by atoms with Crippen LogP contribution in [0, 0.1) is 0 Å². The molecule has 1 amide bonds. The van der Waals surface area contributed by atoms with Crippen molar-refractivity contribution in [2.24, 2.45) is 0 Å². The molecule has 6 nitrogen and oxygen atoms in total. The quantitative estimate of drug-likeness (QED) is 0.683. The molecule has 1 aliphatic rings. The standard InChI is InChI=1S/C22H22N2O4/c1-26-17-12-16(13-23-14-17)18-6-7-21(20-5-3-2-4-19(18)20)28-15-22(25)24-8-10-27-11-9-24/h2-7,12-14H,8-11,15H2,1H3. The van der Waals surface area contributed by atoms with Gasteiger partial charge in [0.2, 0.25) is 0 Å². The van der Waals surface area contributed by atoms with Crippen molar-refractivity contribution in [1.82, 2.24) is 9.88 Å². The number of ether oxygens (including phenoxy) is 3. The van der Waals surface area contributed by atoms with E-state index in [4.69, 9.17) is 14.2 Å². The number of hydrogen-bond acceptors (Lipinski definition) is 5. The van der Waals surface area contributed by atoms with Gasteiger partial charge in [0, 0.05) is 30.2 Å². The van der Waals surface area contributed by atoms with Gasteiger partial charge in [-0.2, -0.15) is 0 Å².